The van der Waals surface area contributed by atoms with E-state index in [1.807, 2.05) is 17.5 Å². The number of rotatable bonds is 6. The third-order valence-corrected chi connectivity index (χ3v) is 4.38. The van der Waals surface area contributed by atoms with E-state index in [1.54, 1.807) is 28.5 Å². The van der Waals surface area contributed by atoms with Crippen LogP contribution in [-0.4, -0.2) is 47.9 Å². The molecular weight excluding hydrogens is 314 g/mol. The Morgan fingerprint density at radius 1 is 1.43 bits per heavy atom. The second-order valence-electron chi connectivity index (χ2n) is 5.11. The fraction of sp³-hybridized carbons (Fsp3) is 0.333. The average molecular weight is 331 g/mol. The Balaban J connectivity index is 1.38. The summed E-state index contributed by atoms with van der Waals surface area (Å²) in [6.45, 7) is 1.69. The van der Waals surface area contributed by atoms with E-state index in [9.17, 15) is 9.59 Å². The number of carbonyl (C=O) groups excluding carboxylic acids is 2. The molecule has 3 heterocycles. The number of nitrogens with one attached hydrogen (secondary N) is 2. The maximum Gasteiger partial charge on any atom is 0.267 e. The van der Waals surface area contributed by atoms with E-state index in [4.69, 9.17) is 0 Å². The molecule has 1 aromatic heterocycles. The lowest BCUT2D eigenvalue weighted by Gasteiger charge is -2.24. The molecule has 0 atom stereocenters. The number of nitrogens with zero attached hydrogens (tertiary/aromatic N) is 3. The molecule has 0 saturated heterocycles. The van der Waals surface area contributed by atoms with Gasteiger partial charge in [0, 0.05) is 32.1 Å². The first-order valence-corrected chi connectivity index (χ1v) is 8.29. The largest absolute Gasteiger partial charge is 0.351 e. The normalized spacial score (nSPS) is 17.2. The summed E-state index contributed by atoms with van der Waals surface area (Å²) < 4.78 is 0. The van der Waals surface area contributed by atoms with Crippen LogP contribution in [-0.2, 0) is 9.59 Å². The number of thiophene rings is 1. The Morgan fingerprint density at radius 3 is 3.13 bits per heavy atom. The fourth-order valence-electron chi connectivity index (χ4n) is 2.28. The summed E-state index contributed by atoms with van der Waals surface area (Å²) in [5.74, 6) is -0.255. The molecule has 0 fully saturated rings. The molecule has 0 radical (unpaired) electrons. The smallest absolute Gasteiger partial charge is 0.267 e. The molecule has 0 aromatic carbocycles. The zero-order valence-corrected chi connectivity index (χ0v) is 13.3. The van der Waals surface area contributed by atoms with Gasteiger partial charge >= 0.3 is 0 Å². The second-order valence-corrected chi connectivity index (χ2v) is 6.06. The van der Waals surface area contributed by atoms with Crippen molar-refractivity contribution >= 4 is 34.6 Å². The van der Waals surface area contributed by atoms with Gasteiger partial charge in [-0.25, -0.2) is 5.43 Å². The summed E-state index contributed by atoms with van der Waals surface area (Å²) >= 11 is 1.59. The van der Waals surface area contributed by atoms with Crippen molar-refractivity contribution in [3.63, 3.8) is 0 Å². The third kappa shape index (κ3) is 3.91. The number of hydrazine groups is 1. The number of hydrogen-bond acceptors (Lipinski definition) is 6. The molecule has 8 heteroatoms. The molecule has 0 aliphatic carbocycles. The van der Waals surface area contributed by atoms with Gasteiger partial charge in [-0.15, -0.1) is 16.4 Å². The van der Waals surface area contributed by atoms with Crippen molar-refractivity contribution in [1.29, 1.82) is 0 Å². The van der Waals surface area contributed by atoms with Crippen LogP contribution in [0.3, 0.4) is 0 Å². The Bertz CT molecular complexity index is 678. The Morgan fingerprint density at radius 2 is 2.35 bits per heavy atom. The standard InChI is InChI=1S/C15H17N5O2S/c21-14-5-1-7-17-20(14)8-3-6-16-15(22)12-10-11(18-19-12)13-4-2-9-23-13/h1-2,4-5,9,17H,3,6-8,10H2,(H,16,22). The minimum absolute atomic E-state index is 0.0586. The maximum atomic E-state index is 12.1. The van der Waals surface area contributed by atoms with Crippen LogP contribution in [0.2, 0.25) is 0 Å². The van der Waals surface area contributed by atoms with Gasteiger partial charge in [0.05, 0.1) is 10.6 Å². The maximum absolute atomic E-state index is 12.1. The van der Waals surface area contributed by atoms with E-state index in [1.165, 1.54) is 0 Å². The average Bonchev–Trinajstić information content (AvgIpc) is 3.23. The molecule has 1 aromatic rings. The van der Waals surface area contributed by atoms with Gasteiger partial charge in [-0.2, -0.15) is 5.10 Å². The molecule has 0 unspecified atom stereocenters. The first-order valence-electron chi connectivity index (χ1n) is 7.41. The molecule has 3 rings (SSSR count). The lowest BCUT2D eigenvalue weighted by molar-refractivity contribution is -0.129. The molecule has 7 nitrogen and oxygen atoms in total. The van der Waals surface area contributed by atoms with Crippen LogP contribution >= 0.6 is 11.3 Å². The van der Waals surface area contributed by atoms with E-state index in [0.717, 1.165) is 10.6 Å². The third-order valence-electron chi connectivity index (χ3n) is 3.46. The topological polar surface area (TPSA) is 86.2 Å². The van der Waals surface area contributed by atoms with Crippen LogP contribution in [0.5, 0.6) is 0 Å². The predicted octanol–water partition coefficient (Wildman–Crippen LogP) is 0.706. The van der Waals surface area contributed by atoms with E-state index in [-0.39, 0.29) is 11.8 Å². The van der Waals surface area contributed by atoms with Crippen molar-refractivity contribution in [2.24, 2.45) is 10.2 Å². The highest BCUT2D eigenvalue weighted by molar-refractivity contribution is 7.12. The SMILES string of the molecule is O=C(NCCCN1NCC=CC1=O)C1=NN=C(c2cccs2)C1. The second kappa shape index (κ2) is 7.30. The quantitative estimate of drug-likeness (QED) is 0.753. The molecule has 2 amide bonds. The van der Waals surface area contributed by atoms with E-state index >= 15 is 0 Å². The van der Waals surface area contributed by atoms with E-state index in [2.05, 4.69) is 20.9 Å². The molecule has 0 saturated carbocycles. The van der Waals surface area contributed by atoms with Crippen LogP contribution < -0.4 is 10.7 Å². The van der Waals surface area contributed by atoms with Gasteiger partial charge in [0.15, 0.2) is 0 Å². The summed E-state index contributed by atoms with van der Waals surface area (Å²) in [5, 5.41) is 14.4. The molecule has 120 valence electrons. The van der Waals surface area contributed by atoms with Crippen molar-refractivity contribution in [2.45, 2.75) is 12.8 Å². The molecule has 2 aliphatic rings. The van der Waals surface area contributed by atoms with Crippen molar-refractivity contribution < 1.29 is 9.59 Å². The Labute approximate surface area is 137 Å². The Kier molecular flexibility index (Phi) is 4.94. The zero-order chi connectivity index (χ0) is 16.1. The Hall–Kier alpha value is -2.32. The minimum atomic E-state index is -0.196. The van der Waals surface area contributed by atoms with Crippen LogP contribution in [0.4, 0.5) is 0 Å². The minimum Gasteiger partial charge on any atom is -0.351 e. The highest BCUT2D eigenvalue weighted by atomic mass is 32.1. The first kappa shape index (κ1) is 15.6. The van der Waals surface area contributed by atoms with Gasteiger partial charge in [0.2, 0.25) is 0 Å². The number of carbonyl (C=O) groups is 2. The predicted molar refractivity (Wildman–Crippen MR) is 89.4 cm³/mol. The van der Waals surface area contributed by atoms with Gasteiger partial charge in [-0.3, -0.25) is 14.6 Å². The molecular formula is C15H17N5O2S. The van der Waals surface area contributed by atoms with Crippen molar-refractivity contribution in [3.05, 3.63) is 34.5 Å². The van der Waals surface area contributed by atoms with E-state index < -0.39 is 0 Å². The van der Waals surface area contributed by atoms with Crippen LogP contribution in [0.15, 0.2) is 39.9 Å². The molecule has 2 N–H and O–H groups in total. The van der Waals surface area contributed by atoms with Crippen molar-refractivity contribution in [2.75, 3.05) is 19.6 Å². The fourth-order valence-corrected chi connectivity index (χ4v) is 2.99. The van der Waals surface area contributed by atoms with Gasteiger partial charge in [0.25, 0.3) is 11.8 Å². The lowest BCUT2D eigenvalue weighted by Crippen LogP contribution is -2.46. The van der Waals surface area contributed by atoms with Gasteiger partial charge in [0.1, 0.15) is 5.71 Å². The summed E-state index contributed by atoms with van der Waals surface area (Å²) in [7, 11) is 0. The highest BCUT2D eigenvalue weighted by Gasteiger charge is 2.21. The van der Waals surface area contributed by atoms with Crippen LogP contribution in [0, 0.1) is 0 Å². The molecule has 2 aliphatic heterocycles. The van der Waals surface area contributed by atoms with E-state index in [0.29, 0.717) is 38.2 Å². The van der Waals surface area contributed by atoms with Crippen molar-refractivity contribution in [1.82, 2.24) is 15.8 Å². The highest BCUT2D eigenvalue weighted by Crippen LogP contribution is 2.16. The van der Waals surface area contributed by atoms with Gasteiger partial charge in [-0.05, 0) is 17.9 Å². The molecule has 0 spiro atoms. The first-order chi connectivity index (χ1) is 11.2. The molecule has 23 heavy (non-hydrogen) atoms. The number of hydrogen-bond donors (Lipinski definition) is 2. The van der Waals surface area contributed by atoms with Crippen LogP contribution in [0.25, 0.3) is 0 Å². The summed E-state index contributed by atoms with van der Waals surface area (Å²) in [6, 6.07) is 3.92. The summed E-state index contributed by atoms with van der Waals surface area (Å²) in [4.78, 5) is 24.6. The van der Waals surface area contributed by atoms with Gasteiger partial charge < -0.3 is 5.32 Å². The summed E-state index contributed by atoms with van der Waals surface area (Å²) in [5.41, 5.74) is 4.24. The lowest BCUT2D eigenvalue weighted by atomic mass is 10.1. The van der Waals surface area contributed by atoms with Gasteiger partial charge in [-0.1, -0.05) is 12.1 Å². The molecule has 0 bridgehead atoms. The monoisotopic (exact) mass is 331 g/mol. The summed E-state index contributed by atoms with van der Waals surface area (Å²) in [6.07, 6.45) is 4.46. The zero-order valence-electron chi connectivity index (χ0n) is 12.5. The number of amides is 2. The van der Waals surface area contributed by atoms with Crippen LogP contribution in [0.1, 0.15) is 17.7 Å². The van der Waals surface area contributed by atoms with Crippen molar-refractivity contribution in [3.8, 4) is 0 Å².